The summed E-state index contributed by atoms with van der Waals surface area (Å²) in [5.74, 6) is -0.336. The first-order chi connectivity index (χ1) is 12.3. The van der Waals surface area contributed by atoms with Gasteiger partial charge >= 0.3 is 0 Å². The average Bonchev–Trinajstić information content (AvgIpc) is 2.67. The van der Waals surface area contributed by atoms with Crippen LogP contribution in [-0.4, -0.2) is 35.1 Å². The van der Waals surface area contributed by atoms with Crippen molar-refractivity contribution in [2.45, 2.75) is 31.5 Å². The fraction of sp³-hybridized carbons (Fsp3) is 0.333. The van der Waals surface area contributed by atoms with Gasteiger partial charge in [-0.05, 0) is 11.1 Å². The standard InChI is InChI=1S/C21H24O4/c22-13-18-11-12-19(24-14-16-7-3-1-4-8-16)21(20(18)23)25-15-17-9-5-2-6-10-17/h1-12,18-23H,13-15H2/t18-,19+,20+,21-/m1/s1. The Morgan fingerprint density at radius 3 is 1.88 bits per heavy atom. The Bertz CT molecular complexity index is 656. The van der Waals surface area contributed by atoms with E-state index in [2.05, 4.69) is 0 Å². The molecule has 4 nitrogen and oxygen atoms in total. The van der Waals surface area contributed by atoms with Gasteiger partial charge < -0.3 is 19.7 Å². The van der Waals surface area contributed by atoms with Crippen LogP contribution < -0.4 is 0 Å². The van der Waals surface area contributed by atoms with Gasteiger partial charge in [-0.1, -0.05) is 72.8 Å². The smallest absolute Gasteiger partial charge is 0.114 e. The lowest BCUT2D eigenvalue weighted by molar-refractivity contribution is -0.135. The summed E-state index contributed by atoms with van der Waals surface area (Å²) < 4.78 is 12.0. The number of benzene rings is 2. The summed E-state index contributed by atoms with van der Waals surface area (Å²) >= 11 is 0. The van der Waals surface area contributed by atoms with Gasteiger partial charge in [0.05, 0.1) is 25.9 Å². The number of ether oxygens (including phenoxy) is 2. The molecule has 2 N–H and O–H groups in total. The Morgan fingerprint density at radius 1 is 0.760 bits per heavy atom. The van der Waals surface area contributed by atoms with Crippen LogP contribution in [0.2, 0.25) is 0 Å². The van der Waals surface area contributed by atoms with Gasteiger partial charge in [-0.3, -0.25) is 0 Å². The van der Waals surface area contributed by atoms with E-state index in [4.69, 9.17) is 9.47 Å². The number of hydrogen-bond acceptors (Lipinski definition) is 4. The van der Waals surface area contributed by atoms with Crippen LogP contribution >= 0.6 is 0 Å². The van der Waals surface area contributed by atoms with Crippen LogP contribution in [0.4, 0.5) is 0 Å². The number of aliphatic hydroxyl groups is 2. The van der Waals surface area contributed by atoms with Crippen molar-refractivity contribution in [2.75, 3.05) is 6.61 Å². The fourth-order valence-electron chi connectivity index (χ4n) is 2.96. The molecule has 1 aliphatic carbocycles. The van der Waals surface area contributed by atoms with Crippen LogP contribution in [0, 0.1) is 5.92 Å². The maximum absolute atomic E-state index is 10.6. The second kappa shape index (κ2) is 8.92. The SMILES string of the molecule is OC[C@H]1C=C[C@H](OCc2ccccc2)[C@@H](OCc2ccccc2)[C@H]1O. The zero-order valence-electron chi connectivity index (χ0n) is 14.1. The molecule has 0 bridgehead atoms. The molecule has 132 valence electrons. The van der Waals surface area contributed by atoms with Crippen molar-refractivity contribution < 1.29 is 19.7 Å². The molecule has 0 radical (unpaired) electrons. The first-order valence-electron chi connectivity index (χ1n) is 8.56. The molecule has 1 aliphatic rings. The molecule has 0 spiro atoms. The highest BCUT2D eigenvalue weighted by molar-refractivity contribution is 5.15. The summed E-state index contributed by atoms with van der Waals surface area (Å²) in [5.41, 5.74) is 2.10. The summed E-state index contributed by atoms with van der Waals surface area (Å²) in [6.07, 6.45) is 2.00. The van der Waals surface area contributed by atoms with Crippen molar-refractivity contribution in [1.29, 1.82) is 0 Å². The van der Waals surface area contributed by atoms with Gasteiger partial charge in [0.1, 0.15) is 12.2 Å². The summed E-state index contributed by atoms with van der Waals surface area (Å²) in [5, 5.41) is 20.0. The molecule has 0 aromatic heterocycles. The summed E-state index contributed by atoms with van der Waals surface area (Å²) in [6.45, 7) is 0.714. The van der Waals surface area contributed by atoms with Gasteiger partial charge in [0, 0.05) is 5.92 Å². The monoisotopic (exact) mass is 340 g/mol. The summed E-state index contributed by atoms with van der Waals surface area (Å²) in [6, 6.07) is 19.7. The predicted molar refractivity (Wildman–Crippen MR) is 95.8 cm³/mol. The van der Waals surface area contributed by atoms with Crippen molar-refractivity contribution in [3.63, 3.8) is 0 Å². The van der Waals surface area contributed by atoms with Gasteiger partial charge in [0.25, 0.3) is 0 Å². The van der Waals surface area contributed by atoms with E-state index in [1.165, 1.54) is 0 Å². The fourth-order valence-corrected chi connectivity index (χ4v) is 2.96. The second-order valence-electron chi connectivity index (χ2n) is 6.24. The largest absolute Gasteiger partial charge is 0.396 e. The molecule has 0 unspecified atom stereocenters. The van der Waals surface area contributed by atoms with E-state index >= 15 is 0 Å². The van der Waals surface area contributed by atoms with E-state index in [1.807, 2.05) is 72.8 Å². The van der Waals surface area contributed by atoms with Crippen molar-refractivity contribution in [3.05, 3.63) is 83.9 Å². The van der Waals surface area contributed by atoms with Crippen molar-refractivity contribution >= 4 is 0 Å². The molecule has 4 atom stereocenters. The Labute approximate surface area is 148 Å². The molecule has 0 saturated carbocycles. The molecule has 4 heteroatoms. The zero-order chi connectivity index (χ0) is 17.5. The highest BCUT2D eigenvalue weighted by atomic mass is 16.5. The molecule has 0 amide bonds. The maximum atomic E-state index is 10.6. The second-order valence-corrected chi connectivity index (χ2v) is 6.24. The normalized spacial score (nSPS) is 25.8. The van der Waals surface area contributed by atoms with E-state index in [1.54, 1.807) is 0 Å². The number of rotatable bonds is 7. The average molecular weight is 340 g/mol. The van der Waals surface area contributed by atoms with Gasteiger partial charge in [0.15, 0.2) is 0 Å². The molecule has 0 aliphatic heterocycles. The van der Waals surface area contributed by atoms with Crippen molar-refractivity contribution in [2.24, 2.45) is 5.92 Å². The molecule has 0 fully saturated rings. The van der Waals surface area contributed by atoms with Crippen LogP contribution in [0.3, 0.4) is 0 Å². The van der Waals surface area contributed by atoms with E-state index in [-0.39, 0.29) is 18.6 Å². The first-order valence-corrected chi connectivity index (χ1v) is 8.56. The van der Waals surface area contributed by atoms with E-state index in [0.29, 0.717) is 13.2 Å². The van der Waals surface area contributed by atoms with E-state index in [9.17, 15) is 10.2 Å². The van der Waals surface area contributed by atoms with Crippen molar-refractivity contribution in [3.8, 4) is 0 Å². The predicted octanol–water partition coefficient (Wildman–Crippen LogP) is 2.70. The third-order valence-corrected chi connectivity index (χ3v) is 4.43. The lowest BCUT2D eigenvalue weighted by atomic mass is 9.89. The molecule has 3 rings (SSSR count). The Morgan fingerprint density at radius 2 is 1.32 bits per heavy atom. The number of hydrogen-bond donors (Lipinski definition) is 2. The molecule has 0 saturated heterocycles. The summed E-state index contributed by atoms with van der Waals surface area (Å²) in [4.78, 5) is 0. The summed E-state index contributed by atoms with van der Waals surface area (Å²) in [7, 11) is 0. The van der Waals surface area contributed by atoms with Gasteiger partial charge in [-0.25, -0.2) is 0 Å². The Balaban J connectivity index is 1.66. The quantitative estimate of drug-likeness (QED) is 0.761. The minimum absolute atomic E-state index is 0.117. The van der Waals surface area contributed by atoms with Crippen LogP contribution in [0.15, 0.2) is 72.8 Å². The highest BCUT2D eigenvalue weighted by Gasteiger charge is 2.36. The minimum Gasteiger partial charge on any atom is -0.396 e. The Hall–Kier alpha value is -1.98. The van der Waals surface area contributed by atoms with Gasteiger partial charge in [-0.2, -0.15) is 0 Å². The highest BCUT2D eigenvalue weighted by Crippen LogP contribution is 2.25. The molecular weight excluding hydrogens is 316 g/mol. The third kappa shape index (κ3) is 4.77. The zero-order valence-corrected chi connectivity index (χ0v) is 14.1. The lowest BCUT2D eigenvalue weighted by Gasteiger charge is -2.35. The van der Waals surface area contributed by atoms with Gasteiger partial charge in [-0.15, -0.1) is 0 Å². The molecule has 2 aromatic carbocycles. The molecule has 0 heterocycles. The third-order valence-electron chi connectivity index (χ3n) is 4.43. The van der Waals surface area contributed by atoms with Crippen LogP contribution in [-0.2, 0) is 22.7 Å². The lowest BCUT2D eigenvalue weighted by Crippen LogP contribution is -2.47. The Kier molecular flexibility index (Phi) is 6.36. The molecular formula is C21H24O4. The topological polar surface area (TPSA) is 58.9 Å². The maximum Gasteiger partial charge on any atom is 0.114 e. The molecule has 2 aromatic rings. The van der Waals surface area contributed by atoms with E-state index < -0.39 is 12.2 Å². The first kappa shape index (κ1) is 17.8. The van der Waals surface area contributed by atoms with Crippen LogP contribution in [0.5, 0.6) is 0 Å². The van der Waals surface area contributed by atoms with E-state index in [0.717, 1.165) is 11.1 Å². The number of aliphatic hydroxyl groups excluding tert-OH is 2. The minimum atomic E-state index is -0.806. The van der Waals surface area contributed by atoms with Crippen molar-refractivity contribution in [1.82, 2.24) is 0 Å². The van der Waals surface area contributed by atoms with Gasteiger partial charge in [0.2, 0.25) is 0 Å². The van der Waals surface area contributed by atoms with Crippen LogP contribution in [0.25, 0.3) is 0 Å². The molecule has 25 heavy (non-hydrogen) atoms. The van der Waals surface area contributed by atoms with Crippen LogP contribution in [0.1, 0.15) is 11.1 Å².